The SMILES string of the molecule is CCN(CC)CC(=O)Nc1ccc(C2=NN(C(C)=O)C(C)Cc3cc4c(cc32)OCO4)cc1. The Morgan fingerprint density at radius 3 is 2.42 bits per heavy atom. The van der Waals surface area contributed by atoms with E-state index in [0.717, 1.165) is 29.8 Å². The van der Waals surface area contributed by atoms with Crippen molar-refractivity contribution in [2.75, 3.05) is 31.7 Å². The molecule has 33 heavy (non-hydrogen) atoms. The number of likely N-dealkylation sites (N-methyl/N-ethyl adjacent to an activating group) is 1. The Morgan fingerprint density at radius 2 is 1.79 bits per heavy atom. The number of hydrogen-bond acceptors (Lipinski definition) is 6. The fourth-order valence-electron chi connectivity index (χ4n) is 4.19. The van der Waals surface area contributed by atoms with Gasteiger partial charge in [0, 0.05) is 23.7 Å². The fourth-order valence-corrected chi connectivity index (χ4v) is 4.19. The zero-order chi connectivity index (χ0) is 23.5. The third-order valence-corrected chi connectivity index (χ3v) is 6.02. The maximum Gasteiger partial charge on any atom is 0.239 e. The highest BCUT2D eigenvalue weighted by molar-refractivity contribution is 6.14. The molecule has 8 nitrogen and oxygen atoms in total. The molecule has 0 fully saturated rings. The van der Waals surface area contributed by atoms with E-state index in [1.54, 1.807) is 0 Å². The number of carbonyl (C=O) groups excluding carboxylic acids is 2. The van der Waals surface area contributed by atoms with E-state index in [1.165, 1.54) is 11.9 Å². The van der Waals surface area contributed by atoms with Crippen molar-refractivity contribution in [1.82, 2.24) is 9.91 Å². The second-order valence-corrected chi connectivity index (χ2v) is 8.31. The molecule has 2 aliphatic heterocycles. The molecule has 2 aromatic carbocycles. The van der Waals surface area contributed by atoms with Gasteiger partial charge in [0.05, 0.1) is 18.3 Å². The lowest BCUT2D eigenvalue weighted by atomic mass is 9.94. The molecular formula is C25H30N4O4. The quantitative estimate of drug-likeness (QED) is 0.731. The van der Waals surface area contributed by atoms with Gasteiger partial charge in [-0.25, -0.2) is 5.01 Å². The normalized spacial score (nSPS) is 16.8. The Labute approximate surface area is 194 Å². The molecule has 4 rings (SSSR count). The first-order valence-electron chi connectivity index (χ1n) is 11.3. The lowest BCUT2D eigenvalue weighted by Crippen LogP contribution is -2.33. The molecule has 0 saturated heterocycles. The third-order valence-electron chi connectivity index (χ3n) is 6.02. The van der Waals surface area contributed by atoms with Gasteiger partial charge in [-0.05, 0) is 56.3 Å². The molecule has 2 heterocycles. The van der Waals surface area contributed by atoms with E-state index in [9.17, 15) is 9.59 Å². The summed E-state index contributed by atoms with van der Waals surface area (Å²) in [5, 5.41) is 9.23. The van der Waals surface area contributed by atoms with Crippen molar-refractivity contribution in [3.05, 3.63) is 53.1 Å². The van der Waals surface area contributed by atoms with E-state index in [4.69, 9.17) is 14.6 Å². The second kappa shape index (κ2) is 9.62. The van der Waals surface area contributed by atoms with Gasteiger partial charge in [-0.2, -0.15) is 5.10 Å². The average Bonchev–Trinajstić information content (AvgIpc) is 3.19. The molecule has 2 aromatic rings. The van der Waals surface area contributed by atoms with Crippen LogP contribution in [0.4, 0.5) is 5.69 Å². The van der Waals surface area contributed by atoms with E-state index in [0.29, 0.717) is 35.9 Å². The molecule has 1 N–H and O–H groups in total. The number of benzene rings is 2. The maximum atomic E-state index is 12.4. The van der Waals surface area contributed by atoms with E-state index >= 15 is 0 Å². The number of fused-ring (bicyclic) bond motifs is 2. The third kappa shape index (κ3) is 4.85. The van der Waals surface area contributed by atoms with Crippen LogP contribution in [0.3, 0.4) is 0 Å². The predicted octanol–water partition coefficient (Wildman–Crippen LogP) is 3.24. The lowest BCUT2D eigenvalue weighted by Gasteiger charge is -2.21. The standard InChI is InChI=1S/C25H30N4O4/c1-5-28(6-2)14-24(31)26-20-9-7-18(8-10-20)25-21-13-23-22(32-15-33-23)12-19(21)11-16(3)29(27-25)17(4)30/h7-10,12-13,16H,5-6,11,14-15H2,1-4H3,(H,26,31). The highest BCUT2D eigenvalue weighted by Crippen LogP contribution is 2.37. The molecular weight excluding hydrogens is 420 g/mol. The first kappa shape index (κ1) is 22.8. The van der Waals surface area contributed by atoms with Crippen LogP contribution in [0.15, 0.2) is 41.5 Å². The summed E-state index contributed by atoms with van der Waals surface area (Å²) in [4.78, 5) is 26.7. The largest absolute Gasteiger partial charge is 0.454 e. The number of carbonyl (C=O) groups is 2. The first-order valence-corrected chi connectivity index (χ1v) is 11.3. The van der Waals surface area contributed by atoms with Crippen LogP contribution in [0.2, 0.25) is 0 Å². The van der Waals surface area contributed by atoms with Gasteiger partial charge in [-0.1, -0.05) is 26.0 Å². The molecule has 2 amide bonds. The Morgan fingerprint density at radius 1 is 1.12 bits per heavy atom. The number of amides is 2. The molecule has 8 heteroatoms. The molecule has 2 aliphatic rings. The summed E-state index contributed by atoms with van der Waals surface area (Å²) < 4.78 is 11.2. The van der Waals surface area contributed by atoms with Gasteiger partial charge in [0.25, 0.3) is 0 Å². The van der Waals surface area contributed by atoms with Gasteiger partial charge in [0.1, 0.15) is 0 Å². The Kier molecular flexibility index (Phi) is 6.65. The van der Waals surface area contributed by atoms with Crippen LogP contribution in [0, 0.1) is 0 Å². The average molecular weight is 451 g/mol. The van der Waals surface area contributed by atoms with Crippen LogP contribution < -0.4 is 14.8 Å². The minimum absolute atomic E-state index is 0.0482. The zero-order valence-electron chi connectivity index (χ0n) is 19.6. The van der Waals surface area contributed by atoms with E-state index in [-0.39, 0.29) is 24.6 Å². The van der Waals surface area contributed by atoms with Gasteiger partial charge in [0.15, 0.2) is 11.5 Å². The molecule has 0 radical (unpaired) electrons. The molecule has 174 valence electrons. The Hall–Kier alpha value is -3.39. The predicted molar refractivity (Wildman–Crippen MR) is 127 cm³/mol. The van der Waals surface area contributed by atoms with Crippen molar-refractivity contribution in [1.29, 1.82) is 0 Å². The summed E-state index contributed by atoms with van der Waals surface area (Å²) in [6.45, 7) is 9.78. The summed E-state index contributed by atoms with van der Waals surface area (Å²) >= 11 is 0. The van der Waals surface area contributed by atoms with E-state index < -0.39 is 0 Å². The number of anilines is 1. The fraction of sp³-hybridized carbons (Fsp3) is 0.400. The number of hydrogen-bond donors (Lipinski definition) is 1. The second-order valence-electron chi connectivity index (χ2n) is 8.31. The maximum absolute atomic E-state index is 12.4. The van der Waals surface area contributed by atoms with Crippen molar-refractivity contribution in [2.24, 2.45) is 5.10 Å². The molecule has 0 bridgehead atoms. The monoisotopic (exact) mass is 450 g/mol. The van der Waals surface area contributed by atoms with Gasteiger partial charge < -0.3 is 14.8 Å². The Balaban J connectivity index is 1.65. The summed E-state index contributed by atoms with van der Waals surface area (Å²) in [5.74, 6) is 1.22. The van der Waals surface area contributed by atoms with Crippen LogP contribution in [-0.2, 0) is 16.0 Å². The minimum Gasteiger partial charge on any atom is -0.454 e. The van der Waals surface area contributed by atoms with Crippen LogP contribution in [0.1, 0.15) is 44.4 Å². The topological polar surface area (TPSA) is 83.5 Å². The molecule has 0 saturated carbocycles. The minimum atomic E-state index is -0.117. The molecule has 1 unspecified atom stereocenters. The number of hydrazone groups is 1. The summed E-state index contributed by atoms with van der Waals surface area (Å²) in [5.41, 5.74) is 4.20. The van der Waals surface area contributed by atoms with Crippen molar-refractivity contribution >= 4 is 23.2 Å². The first-order chi connectivity index (χ1) is 15.9. The van der Waals surface area contributed by atoms with Gasteiger partial charge in [-0.3, -0.25) is 14.5 Å². The summed E-state index contributed by atoms with van der Waals surface area (Å²) in [6, 6.07) is 11.4. The lowest BCUT2D eigenvalue weighted by molar-refractivity contribution is -0.130. The molecule has 0 aliphatic carbocycles. The smallest absolute Gasteiger partial charge is 0.239 e. The van der Waals surface area contributed by atoms with Crippen LogP contribution in [-0.4, -0.2) is 59.9 Å². The number of ether oxygens (including phenoxy) is 2. The van der Waals surface area contributed by atoms with Gasteiger partial charge in [0.2, 0.25) is 18.6 Å². The summed E-state index contributed by atoms with van der Waals surface area (Å²) in [7, 11) is 0. The van der Waals surface area contributed by atoms with E-state index in [2.05, 4.69) is 10.2 Å². The number of rotatable bonds is 6. The van der Waals surface area contributed by atoms with Crippen LogP contribution in [0.25, 0.3) is 0 Å². The van der Waals surface area contributed by atoms with Crippen molar-refractivity contribution in [3.63, 3.8) is 0 Å². The number of nitrogens with one attached hydrogen (secondary N) is 1. The zero-order valence-corrected chi connectivity index (χ0v) is 19.6. The van der Waals surface area contributed by atoms with Crippen molar-refractivity contribution in [2.45, 2.75) is 40.2 Å². The van der Waals surface area contributed by atoms with Crippen LogP contribution in [0.5, 0.6) is 11.5 Å². The molecule has 0 spiro atoms. The number of nitrogens with zero attached hydrogens (tertiary/aromatic N) is 3. The van der Waals surface area contributed by atoms with Gasteiger partial charge in [-0.15, -0.1) is 0 Å². The highest BCUT2D eigenvalue weighted by atomic mass is 16.7. The Bertz CT molecular complexity index is 1080. The van der Waals surface area contributed by atoms with Gasteiger partial charge >= 0.3 is 0 Å². The molecule has 1 atom stereocenters. The van der Waals surface area contributed by atoms with Crippen molar-refractivity contribution < 1.29 is 19.1 Å². The highest BCUT2D eigenvalue weighted by Gasteiger charge is 2.28. The van der Waals surface area contributed by atoms with E-state index in [1.807, 2.05) is 57.2 Å². The summed E-state index contributed by atoms with van der Waals surface area (Å²) in [6.07, 6.45) is 0.651. The molecule has 0 aromatic heterocycles. The van der Waals surface area contributed by atoms with Crippen LogP contribution >= 0.6 is 0 Å². The van der Waals surface area contributed by atoms with Crippen molar-refractivity contribution in [3.8, 4) is 11.5 Å².